The zero-order valence-electron chi connectivity index (χ0n) is 3.02. The van der Waals surface area contributed by atoms with E-state index >= 15 is 0 Å². The Bertz CT molecular complexity index is 4.85. The third-order valence-electron chi connectivity index (χ3n) is 0. The molecule has 0 atom stereocenters. The smallest absolute Gasteiger partial charge is 2.00 e. The summed E-state index contributed by atoms with van der Waals surface area (Å²) in [5.41, 5.74) is 0. The molecule has 0 bridgehead atoms. The second kappa shape index (κ2) is 23.4. The molecule has 0 aromatic carbocycles. The van der Waals surface area contributed by atoms with Gasteiger partial charge >= 0.3 is 147 Å². The molecule has 0 aliphatic heterocycles. The van der Waals surface area contributed by atoms with Crippen molar-refractivity contribution in [3.63, 3.8) is 0 Å². The standard InChI is InChI=1S/3Ba.2N/q3*+2;2*-3. The maximum atomic E-state index is 0. The van der Waals surface area contributed by atoms with Crippen LogP contribution in [0.5, 0.6) is 0 Å². The number of hydrogen-bond acceptors (Lipinski definition) is 0. The minimum Gasteiger partial charge on any atom is -3.00 e. The predicted octanol–water partition coefficient (Wildman–Crippen LogP) is -0.565. The van der Waals surface area contributed by atoms with Crippen LogP contribution in [-0.4, -0.2) is 147 Å². The second-order valence-corrected chi connectivity index (χ2v) is 0. The molecule has 0 saturated heterocycles. The van der Waals surface area contributed by atoms with Crippen LogP contribution in [0.2, 0.25) is 0 Å². The van der Waals surface area contributed by atoms with Gasteiger partial charge in [-0.2, -0.15) is 0 Å². The van der Waals surface area contributed by atoms with Crippen LogP contribution in [0, 0.1) is 0 Å². The number of rotatable bonds is 0. The van der Waals surface area contributed by atoms with Crippen molar-refractivity contribution in [2.45, 2.75) is 0 Å². The van der Waals surface area contributed by atoms with E-state index in [-0.39, 0.29) is 159 Å². The van der Waals surface area contributed by atoms with Crippen molar-refractivity contribution < 1.29 is 0 Å². The zero-order chi connectivity index (χ0) is 0. The molecule has 0 heterocycles. The van der Waals surface area contributed by atoms with Gasteiger partial charge in [-0.25, -0.2) is 0 Å². The van der Waals surface area contributed by atoms with Gasteiger partial charge in [0, 0.05) is 0 Å². The summed E-state index contributed by atoms with van der Waals surface area (Å²) < 4.78 is 0. The first kappa shape index (κ1) is 33.4. The summed E-state index contributed by atoms with van der Waals surface area (Å²) in [6.45, 7) is 0. The predicted molar refractivity (Wildman–Crippen MR) is 24.0 cm³/mol. The first-order valence-corrected chi connectivity index (χ1v) is 0. The Balaban J connectivity index is 0. The van der Waals surface area contributed by atoms with E-state index in [0.717, 1.165) is 0 Å². The molecule has 5 heteroatoms. The molecule has 0 aliphatic carbocycles. The van der Waals surface area contributed by atoms with Crippen molar-refractivity contribution in [2.24, 2.45) is 0 Å². The van der Waals surface area contributed by atoms with E-state index in [9.17, 15) is 0 Å². The maximum absolute atomic E-state index is 0. The minimum absolute atomic E-state index is 0. The Kier molecular flexibility index (Phi) is 157. The van der Waals surface area contributed by atoms with Crippen LogP contribution in [0.4, 0.5) is 0 Å². The van der Waals surface area contributed by atoms with Gasteiger partial charge in [0.15, 0.2) is 0 Å². The molecule has 0 aromatic heterocycles. The molecule has 0 rings (SSSR count). The van der Waals surface area contributed by atoms with Gasteiger partial charge in [0.25, 0.3) is 0 Å². The van der Waals surface area contributed by atoms with Gasteiger partial charge in [-0.1, -0.05) is 0 Å². The van der Waals surface area contributed by atoms with Gasteiger partial charge in [-0.15, -0.1) is 0 Å². The monoisotopic (exact) mass is 442 g/mol. The fourth-order valence-corrected chi connectivity index (χ4v) is 0. The third kappa shape index (κ3) is 17.7. The largest absolute Gasteiger partial charge is 3.00 e. The molecule has 0 unspecified atom stereocenters. The van der Waals surface area contributed by atoms with Crippen molar-refractivity contribution in [3.05, 3.63) is 12.3 Å². The average Bonchev–Trinajstić information content (AvgIpc) is 0. The summed E-state index contributed by atoms with van der Waals surface area (Å²) in [5, 5.41) is 0. The summed E-state index contributed by atoms with van der Waals surface area (Å²) in [5.74, 6) is 0. The Morgan fingerprint density at radius 2 is 0.400 bits per heavy atom. The van der Waals surface area contributed by atoms with Gasteiger partial charge in [0.1, 0.15) is 0 Å². The van der Waals surface area contributed by atoms with Crippen molar-refractivity contribution in [3.8, 4) is 0 Å². The van der Waals surface area contributed by atoms with E-state index in [1.807, 2.05) is 0 Å². The Hall–Kier alpha value is 4.63. The van der Waals surface area contributed by atoms with Crippen LogP contribution in [0.3, 0.4) is 0 Å². The molecule has 16 valence electrons. The SMILES string of the molecule is [Ba+2].[Ba+2].[Ba+2].[N-3].[N-3]. The Morgan fingerprint density at radius 3 is 0.400 bits per heavy atom. The van der Waals surface area contributed by atoms with E-state index in [1.165, 1.54) is 0 Å². The molecule has 5 heavy (non-hydrogen) atoms. The molecule has 2 nitrogen and oxygen atoms in total. The van der Waals surface area contributed by atoms with Crippen LogP contribution >= 0.6 is 0 Å². The second-order valence-electron chi connectivity index (χ2n) is 0. The van der Waals surface area contributed by atoms with Gasteiger partial charge < -0.3 is 12.3 Å². The number of hydrogen-bond donors (Lipinski definition) is 0. The molecule has 0 N–H and O–H groups in total. The normalized spacial score (nSPS) is 0. The van der Waals surface area contributed by atoms with Crippen LogP contribution in [0.1, 0.15) is 0 Å². The molecule has 0 amide bonds. The van der Waals surface area contributed by atoms with Crippen molar-refractivity contribution >= 4 is 147 Å². The summed E-state index contributed by atoms with van der Waals surface area (Å²) in [6.07, 6.45) is 0. The molecule has 0 fully saturated rings. The first-order chi connectivity index (χ1) is 0. The van der Waals surface area contributed by atoms with Gasteiger partial charge in [-0.05, 0) is 0 Å². The van der Waals surface area contributed by atoms with Crippen molar-refractivity contribution in [2.75, 3.05) is 0 Å². The topological polar surface area (TPSA) is 61.0 Å². The Labute approximate surface area is 153 Å². The quantitative estimate of drug-likeness (QED) is 0.454. The molecule has 0 spiro atoms. The molecule has 0 aliphatic rings. The van der Waals surface area contributed by atoms with Crippen LogP contribution < -0.4 is 0 Å². The van der Waals surface area contributed by atoms with E-state index < -0.39 is 0 Å². The fraction of sp³-hybridized carbons (Fsp3) is 0. The first-order valence-electron chi connectivity index (χ1n) is 0. The van der Waals surface area contributed by atoms with Crippen molar-refractivity contribution in [1.82, 2.24) is 0 Å². The Morgan fingerprint density at radius 1 is 0.400 bits per heavy atom. The summed E-state index contributed by atoms with van der Waals surface area (Å²) in [4.78, 5) is 0. The maximum Gasteiger partial charge on any atom is 2.00 e. The summed E-state index contributed by atoms with van der Waals surface area (Å²) in [6, 6.07) is 0. The van der Waals surface area contributed by atoms with Gasteiger partial charge in [-0.3, -0.25) is 0 Å². The molecule has 0 saturated carbocycles. The van der Waals surface area contributed by atoms with Crippen LogP contribution in [0.25, 0.3) is 12.3 Å². The van der Waals surface area contributed by atoms with Gasteiger partial charge in [0.2, 0.25) is 0 Å². The minimum atomic E-state index is 0. The van der Waals surface area contributed by atoms with E-state index in [2.05, 4.69) is 0 Å². The van der Waals surface area contributed by atoms with E-state index in [0.29, 0.717) is 0 Å². The average molecular weight is 440 g/mol. The molecular weight excluding hydrogens is 440 g/mol. The number of nitrogens with zero attached hydrogens (tertiary/aromatic N) is 2. The van der Waals surface area contributed by atoms with Crippen molar-refractivity contribution in [1.29, 1.82) is 0 Å². The van der Waals surface area contributed by atoms with Crippen LogP contribution in [0.15, 0.2) is 0 Å². The van der Waals surface area contributed by atoms with E-state index in [1.54, 1.807) is 0 Å². The van der Waals surface area contributed by atoms with Crippen LogP contribution in [-0.2, 0) is 0 Å². The molecule has 0 aromatic rings. The third-order valence-corrected chi connectivity index (χ3v) is 0. The van der Waals surface area contributed by atoms with Gasteiger partial charge in [0.05, 0.1) is 0 Å². The summed E-state index contributed by atoms with van der Waals surface area (Å²) >= 11 is 0. The fourth-order valence-electron chi connectivity index (χ4n) is 0. The summed E-state index contributed by atoms with van der Waals surface area (Å²) in [7, 11) is 0. The zero-order valence-corrected chi connectivity index (χ0v) is 16.3. The van der Waals surface area contributed by atoms with E-state index in [4.69, 9.17) is 0 Å². The molecular formula is Ba3N2. The molecule has 0 radical (unpaired) electrons.